The van der Waals surface area contributed by atoms with Crippen molar-refractivity contribution in [2.24, 2.45) is 0 Å². The summed E-state index contributed by atoms with van der Waals surface area (Å²) < 4.78 is 13.2. The molecule has 112 valence electrons. The summed E-state index contributed by atoms with van der Waals surface area (Å²) in [5, 5.41) is 13.6. The van der Waals surface area contributed by atoms with Crippen molar-refractivity contribution in [1.82, 2.24) is 0 Å². The molecule has 2 nitrogen and oxygen atoms in total. The first-order valence-corrected chi connectivity index (χ1v) is 7.32. The molecular formula is C17H19ClFNO. The van der Waals surface area contributed by atoms with E-state index in [0.29, 0.717) is 16.6 Å². The number of anilines is 1. The fourth-order valence-electron chi connectivity index (χ4n) is 2.06. The molecule has 2 aromatic carbocycles. The highest BCUT2D eigenvalue weighted by molar-refractivity contribution is 6.33. The van der Waals surface area contributed by atoms with E-state index in [0.717, 1.165) is 5.56 Å². The number of aliphatic hydroxyl groups excluding tert-OH is 1. The average Bonchev–Trinajstić information content (AvgIpc) is 2.48. The van der Waals surface area contributed by atoms with Crippen LogP contribution in [-0.4, -0.2) is 11.7 Å². The third kappa shape index (κ3) is 4.19. The Kier molecular flexibility index (Phi) is 5.21. The largest absolute Gasteiger partial charge is 0.387 e. The molecule has 2 N–H and O–H groups in total. The Morgan fingerprint density at radius 3 is 2.33 bits per heavy atom. The van der Waals surface area contributed by atoms with Crippen molar-refractivity contribution in [2.75, 3.05) is 11.9 Å². The van der Waals surface area contributed by atoms with Crippen molar-refractivity contribution in [3.05, 3.63) is 64.4 Å². The van der Waals surface area contributed by atoms with Gasteiger partial charge in [-0.25, -0.2) is 4.39 Å². The van der Waals surface area contributed by atoms with E-state index in [4.69, 9.17) is 11.6 Å². The number of hydrogen-bond acceptors (Lipinski definition) is 2. The maximum Gasteiger partial charge on any atom is 0.125 e. The molecule has 2 rings (SSSR count). The summed E-state index contributed by atoms with van der Waals surface area (Å²) in [4.78, 5) is 0. The van der Waals surface area contributed by atoms with Crippen LogP contribution in [-0.2, 0) is 0 Å². The highest BCUT2D eigenvalue weighted by Crippen LogP contribution is 2.24. The van der Waals surface area contributed by atoms with Gasteiger partial charge < -0.3 is 10.4 Å². The first-order chi connectivity index (χ1) is 9.97. The third-order valence-electron chi connectivity index (χ3n) is 3.40. The Labute approximate surface area is 129 Å². The van der Waals surface area contributed by atoms with Crippen molar-refractivity contribution in [3.8, 4) is 0 Å². The summed E-state index contributed by atoms with van der Waals surface area (Å²) in [5.74, 6) is 0.0955. The first-order valence-electron chi connectivity index (χ1n) is 6.94. The monoisotopic (exact) mass is 307 g/mol. The zero-order valence-corrected chi connectivity index (χ0v) is 12.9. The highest BCUT2D eigenvalue weighted by atomic mass is 35.5. The van der Waals surface area contributed by atoms with Crippen LogP contribution in [0.25, 0.3) is 0 Å². The minimum atomic E-state index is -0.675. The number of benzene rings is 2. The molecule has 21 heavy (non-hydrogen) atoms. The average molecular weight is 308 g/mol. The van der Waals surface area contributed by atoms with Crippen LogP contribution in [0.3, 0.4) is 0 Å². The van der Waals surface area contributed by atoms with E-state index < -0.39 is 6.10 Å². The summed E-state index contributed by atoms with van der Waals surface area (Å²) in [6.45, 7) is 4.52. The Balaban J connectivity index is 2.01. The van der Waals surface area contributed by atoms with Crippen molar-refractivity contribution in [1.29, 1.82) is 0 Å². The summed E-state index contributed by atoms with van der Waals surface area (Å²) >= 11 is 5.97. The zero-order chi connectivity index (χ0) is 15.4. The molecule has 0 saturated heterocycles. The van der Waals surface area contributed by atoms with Crippen LogP contribution in [0.15, 0.2) is 42.5 Å². The molecule has 1 unspecified atom stereocenters. The predicted octanol–water partition coefficient (Wildman–Crippen LogP) is 4.75. The minimum Gasteiger partial charge on any atom is -0.387 e. The predicted molar refractivity (Wildman–Crippen MR) is 85.4 cm³/mol. The molecule has 0 heterocycles. The van der Waals surface area contributed by atoms with Gasteiger partial charge in [0, 0.05) is 6.54 Å². The van der Waals surface area contributed by atoms with E-state index in [1.807, 2.05) is 24.3 Å². The van der Waals surface area contributed by atoms with E-state index in [2.05, 4.69) is 19.2 Å². The molecule has 4 heteroatoms. The Hall–Kier alpha value is -1.58. The first kappa shape index (κ1) is 15.8. The lowest BCUT2D eigenvalue weighted by Gasteiger charge is -2.15. The van der Waals surface area contributed by atoms with E-state index in [1.54, 1.807) is 0 Å². The van der Waals surface area contributed by atoms with Crippen LogP contribution in [0.5, 0.6) is 0 Å². The summed E-state index contributed by atoms with van der Waals surface area (Å²) in [6, 6.07) is 12.0. The quantitative estimate of drug-likeness (QED) is 0.835. The summed E-state index contributed by atoms with van der Waals surface area (Å²) in [6.07, 6.45) is -0.675. The Morgan fingerprint density at radius 1 is 1.10 bits per heavy atom. The molecule has 0 aliphatic heterocycles. The number of nitrogens with one attached hydrogen (secondary N) is 1. The number of halogens is 2. The molecule has 0 aliphatic rings. The number of hydrogen-bond donors (Lipinski definition) is 2. The third-order valence-corrected chi connectivity index (χ3v) is 3.73. The molecule has 0 fully saturated rings. The van der Waals surface area contributed by atoms with Crippen LogP contribution < -0.4 is 5.32 Å². The minimum absolute atomic E-state index is 0.268. The molecule has 0 amide bonds. The summed E-state index contributed by atoms with van der Waals surface area (Å²) in [5.41, 5.74) is 2.53. The van der Waals surface area contributed by atoms with Crippen LogP contribution in [0, 0.1) is 5.82 Å². The molecule has 1 atom stereocenters. The molecular weight excluding hydrogens is 289 g/mol. The second-order valence-corrected chi connectivity index (χ2v) is 5.75. The van der Waals surface area contributed by atoms with Crippen molar-refractivity contribution in [3.63, 3.8) is 0 Å². The molecule has 0 aliphatic carbocycles. The maximum atomic E-state index is 13.2. The van der Waals surface area contributed by atoms with Gasteiger partial charge >= 0.3 is 0 Å². The van der Waals surface area contributed by atoms with Crippen LogP contribution in [0.4, 0.5) is 10.1 Å². The van der Waals surface area contributed by atoms with Gasteiger partial charge in [0.25, 0.3) is 0 Å². The SMILES string of the molecule is CC(C)c1ccc(C(O)CNc2cc(F)ccc2Cl)cc1. The number of rotatable bonds is 5. The highest BCUT2D eigenvalue weighted by Gasteiger charge is 2.09. The van der Waals surface area contributed by atoms with Crippen molar-refractivity contribution < 1.29 is 9.50 Å². The fraction of sp³-hybridized carbons (Fsp3) is 0.294. The van der Waals surface area contributed by atoms with Gasteiger partial charge in [-0.2, -0.15) is 0 Å². The van der Waals surface area contributed by atoms with Crippen LogP contribution in [0.1, 0.15) is 37.0 Å². The normalized spacial score (nSPS) is 12.5. The lowest BCUT2D eigenvalue weighted by molar-refractivity contribution is 0.191. The van der Waals surface area contributed by atoms with Gasteiger partial charge in [0.2, 0.25) is 0 Å². The van der Waals surface area contributed by atoms with Gasteiger partial charge in [0.05, 0.1) is 16.8 Å². The summed E-state index contributed by atoms with van der Waals surface area (Å²) in [7, 11) is 0. The lowest BCUT2D eigenvalue weighted by Crippen LogP contribution is -2.12. The molecule has 0 saturated carbocycles. The zero-order valence-electron chi connectivity index (χ0n) is 12.1. The molecule has 0 spiro atoms. The van der Waals surface area contributed by atoms with Gasteiger partial charge in [-0.15, -0.1) is 0 Å². The van der Waals surface area contributed by atoms with Gasteiger partial charge in [-0.1, -0.05) is 49.7 Å². The van der Waals surface area contributed by atoms with Gasteiger partial charge in [0.15, 0.2) is 0 Å². The molecule has 0 aromatic heterocycles. The Morgan fingerprint density at radius 2 is 1.71 bits per heavy atom. The molecule has 2 aromatic rings. The fourth-order valence-corrected chi connectivity index (χ4v) is 2.24. The molecule has 0 bridgehead atoms. The van der Waals surface area contributed by atoms with Gasteiger partial charge in [0.1, 0.15) is 5.82 Å². The standard InChI is InChI=1S/C17H19ClFNO/c1-11(2)12-3-5-13(6-4-12)17(21)10-20-16-9-14(19)7-8-15(16)18/h3-9,11,17,20-21H,10H2,1-2H3. The van der Waals surface area contributed by atoms with Gasteiger partial charge in [-0.3, -0.25) is 0 Å². The van der Waals surface area contributed by atoms with Crippen molar-refractivity contribution >= 4 is 17.3 Å². The van der Waals surface area contributed by atoms with E-state index in [-0.39, 0.29) is 12.4 Å². The van der Waals surface area contributed by atoms with E-state index >= 15 is 0 Å². The van der Waals surface area contributed by atoms with Crippen LogP contribution >= 0.6 is 11.6 Å². The lowest BCUT2D eigenvalue weighted by atomic mass is 10.00. The second kappa shape index (κ2) is 6.92. The second-order valence-electron chi connectivity index (χ2n) is 5.34. The number of aliphatic hydroxyl groups is 1. The van der Waals surface area contributed by atoms with Crippen molar-refractivity contribution in [2.45, 2.75) is 25.9 Å². The topological polar surface area (TPSA) is 32.3 Å². The van der Waals surface area contributed by atoms with Gasteiger partial charge in [-0.05, 0) is 35.2 Å². The molecule has 0 radical (unpaired) electrons. The van der Waals surface area contributed by atoms with Crippen LogP contribution in [0.2, 0.25) is 5.02 Å². The van der Waals surface area contributed by atoms with E-state index in [9.17, 15) is 9.50 Å². The maximum absolute atomic E-state index is 13.2. The van der Waals surface area contributed by atoms with E-state index in [1.165, 1.54) is 23.8 Å². The Bertz CT molecular complexity index is 598. The smallest absolute Gasteiger partial charge is 0.125 e.